The van der Waals surface area contributed by atoms with E-state index in [1.165, 1.54) is 4.90 Å². The molecule has 29 heavy (non-hydrogen) atoms. The van der Waals surface area contributed by atoms with Crippen LogP contribution in [0.25, 0.3) is 11.0 Å². The topological polar surface area (TPSA) is 84.3 Å². The number of para-hydroxylation sites is 2. The Bertz CT molecular complexity index is 1070. The number of fused-ring (bicyclic) bond motifs is 1. The zero-order valence-corrected chi connectivity index (χ0v) is 16.2. The van der Waals surface area contributed by atoms with Gasteiger partial charge in [-0.25, -0.2) is 4.98 Å². The Labute approximate surface area is 168 Å². The number of hydrogen-bond acceptors (Lipinski definition) is 4. The van der Waals surface area contributed by atoms with Crippen LogP contribution in [0.2, 0.25) is 0 Å². The summed E-state index contributed by atoms with van der Waals surface area (Å²) in [7, 11) is 0. The molecular formula is C22H22N4O3. The van der Waals surface area contributed by atoms with E-state index in [-0.39, 0.29) is 37.1 Å². The minimum absolute atomic E-state index is 0.140. The van der Waals surface area contributed by atoms with Gasteiger partial charge in [0.2, 0.25) is 11.8 Å². The van der Waals surface area contributed by atoms with Crippen LogP contribution in [-0.2, 0) is 22.7 Å². The predicted octanol–water partition coefficient (Wildman–Crippen LogP) is 2.42. The predicted molar refractivity (Wildman–Crippen MR) is 108 cm³/mol. The SMILES string of the molecule is Cc1nc2ccccc2n1CCNC(=O)c1ccc(CN2C(=O)CCC2=O)cc1. The third-order valence-electron chi connectivity index (χ3n) is 5.18. The molecule has 2 aromatic carbocycles. The Morgan fingerprint density at radius 2 is 1.72 bits per heavy atom. The lowest BCUT2D eigenvalue weighted by molar-refractivity contribution is -0.139. The smallest absolute Gasteiger partial charge is 0.251 e. The molecule has 0 saturated carbocycles. The standard InChI is InChI=1S/C22H22N4O3/c1-15-24-18-4-2-3-5-19(18)25(15)13-12-23-22(29)17-8-6-16(7-9-17)14-26-20(27)10-11-21(26)28/h2-9H,10-14H2,1H3,(H,23,29). The molecule has 7 nitrogen and oxygen atoms in total. The largest absolute Gasteiger partial charge is 0.350 e. The van der Waals surface area contributed by atoms with Crippen molar-refractivity contribution in [3.8, 4) is 0 Å². The second-order valence-electron chi connectivity index (χ2n) is 7.13. The summed E-state index contributed by atoms with van der Waals surface area (Å²) in [4.78, 5) is 41.7. The van der Waals surface area contributed by atoms with Crippen molar-refractivity contribution in [1.82, 2.24) is 19.8 Å². The number of hydrogen-bond donors (Lipinski definition) is 1. The quantitative estimate of drug-likeness (QED) is 0.655. The number of likely N-dealkylation sites (tertiary alicyclic amines) is 1. The van der Waals surface area contributed by atoms with E-state index in [1.54, 1.807) is 24.3 Å². The van der Waals surface area contributed by atoms with Crippen LogP contribution in [0.3, 0.4) is 0 Å². The van der Waals surface area contributed by atoms with Crippen molar-refractivity contribution >= 4 is 28.8 Å². The van der Waals surface area contributed by atoms with Crippen LogP contribution in [-0.4, -0.2) is 38.7 Å². The molecule has 0 bridgehead atoms. The molecule has 0 radical (unpaired) electrons. The molecule has 1 aliphatic heterocycles. The van der Waals surface area contributed by atoms with E-state index in [4.69, 9.17) is 0 Å². The number of imide groups is 1. The Morgan fingerprint density at radius 3 is 2.45 bits per heavy atom. The first-order valence-corrected chi connectivity index (χ1v) is 9.65. The number of carbonyl (C=O) groups is 3. The van der Waals surface area contributed by atoms with Gasteiger partial charge < -0.3 is 9.88 Å². The highest BCUT2D eigenvalue weighted by Crippen LogP contribution is 2.17. The fourth-order valence-corrected chi connectivity index (χ4v) is 3.60. The molecule has 148 valence electrons. The molecule has 0 aliphatic carbocycles. The molecule has 2 heterocycles. The molecule has 1 saturated heterocycles. The van der Waals surface area contributed by atoms with Gasteiger partial charge in [0.15, 0.2) is 0 Å². The number of carbonyl (C=O) groups excluding carboxylic acids is 3. The van der Waals surface area contributed by atoms with E-state index >= 15 is 0 Å². The van der Waals surface area contributed by atoms with Gasteiger partial charge in [-0.15, -0.1) is 0 Å². The molecule has 7 heteroatoms. The van der Waals surface area contributed by atoms with Gasteiger partial charge in [-0.1, -0.05) is 24.3 Å². The highest BCUT2D eigenvalue weighted by molar-refractivity contribution is 6.01. The number of nitrogens with zero attached hydrogens (tertiary/aromatic N) is 3. The summed E-state index contributed by atoms with van der Waals surface area (Å²) in [5.41, 5.74) is 3.36. The van der Waals surface area contributed by atoms with Gasteiger partial charge in [0.25, 0.3) is 5.91 Å². The average Bonchev–Trinajstić information content (AvgIpc) is 3.21. The van der Waals surface area contributed by atoms with E-state index in [0.29, 0.717) is 18.7 Å². The first-order valence-electron chi connectivity index (χ1n) is 9.65. The number of benzene rings is 2. The summed E-state index contributed by atoms with van der Waals surface area (Å²) in [6, 6.07) is 14.9. The number of amides is 3. The molecule has 0 atom stereocenters. The van der Waals surface area contributed by atoms with Crippen molar-refractivity contribution in [1.29, 1.82) is 0 Å². The molecule has 3 aromatic rings. The summed E-state index contributed by atoms with van der Waals surface area (Å²) in [5, 5.41) is 2.93. The van der Waals surface area contributed by atoms with Crippen LogP contribution in [0.4, 0.5) is 0 Å². The van der Waals surface area contributed by atoms with Crippen molar-refractivity contribution in [2.75, 3.05) is 6.54 Å². The molecular weight excluding hydrogens is 368 g/mol. The Kier molecular flexibility index (Phi) is 5.12. The Balaban J connectivity index is 1.34. The molecule has 3 amide bonds. The minimum Gasteiger partial charge on any atom is -0.350 e. The average molecular weight is 390 g/mol. The summed E-state index contributed by atoms with van der Waals surface area (Å²) < 4.78 is 2.09. The van der Waals surface area contributed by atoms with Crippen molar-refractivity contribution in [2.45, 2.75) is 32.9 Å². The van der Waals surface area contributed by atoms with Crippen LogP contribution in [0.1, 0.15) is 34.6 Å². The van der Waals surface area contributed by atoms with Gasteiger partial charge in [-0.3, -0.25) is 19.3 Å². The molecule has 1 aliphatic rings. The van der Waals surface area contributed by atoms with E-state index in [9.17, 15) is 14.4 Å². The molecule has 4 rings (SSSR count). The van der Waals surface area contributed by atoms with Gasteiger partial charge in [0.1, 0.15) is 5.82 Å². The number of imidazole rings is 1. The van der Waals surface area contributed by atoms with Crippen LogP contribution in [0, 0.1) is 6.92 Å². The fraction of sp³-hybridized carbons (Fsp3) is 0.273. The van der Waals surface area contributed by atoms with Crippen molar-refractivity contribution < 1.29 is 14.4 Å². The lowest BCUT2D eigenvalue weighted by atomic mass is 10.1. The van der Waals surface area contributed by atoms with Gasteiger partial charge in [0, 0.05) is 31.5 Å². The highest BCUT2D eigenvalue weighted by atomic mass is 16.2. The highest BCUT2D eigenvalue weighted by Gasteiger charge is 2.28. The molecule has 1 N–H and O–H groups in total. The van der Waals surface area contributed by atoms with E-state index in [0.717, 1.165) is 22.4 Å². The van der Waals surface area contributed by atoms with Crippen molar-refractivity contribution in [3.63, 3.8) is 0 Å². The van der Waals surface area contributed by atoms with Crippen LogP contribution in [0.15, 0.2) is 48.5 Å². The van der Waals surface area contributed by atoms with Crippen molar-refractivity contribution in [2.24, 2.45) is 0 Å². The monoisotopic (exact) mass is 390 g/mol. The number of rotatable bonds is 6. The maximum Gasteiger partial charge on any atom is 0.251 e. The minimum atomic E-state index is -0.160. The maximum atomic E-state index is 12.4. The lowest BCUT2D eigenvalue weighted by Crippen LogP contribution is -2.29. The van der Waals surface area contributed by atoms with E-state index in [2.05, 4.69) is 14.9 Å². The molecule has 0 unspecified atom stereocenters. The Morgan fingerprint density at radius 1 is 1.03 bits per heavy atom. The normalized spacial score (nSPS) is 14.0. The lowest BCUT2D eigenvalue weighted by Gasteiger charge is -2.14. The second-order valence-corrected chi connectivity index (χ2v) is 7.13. The third-order valence-corrected chi connectivity index (χ3v) is 5.18. The van der Waals surface area contributed by atoms with Gasteiger partial charge >= 0.3 is 0 Å². The number of aromatic nitrogens is 2. The summed E-state index contributed by atoms with van der Waals surface area (Å²) in [6.07, 6.45) is 0.565. The van der Waals surface area contributed by atoms with Crippen LogP contribution >= 0.6 is 0 Å². The van der Waals surface area contributed by atoms with Gasteiger partial charge in [-0.05, 0) is 36.8 Å². The number of aryl methyl sites for hydroxylation is 1. The van der Waals surface area contributed by atoms with E-state index < -0.39 is 0 Å². The summed E-state index contributed by atoms with van der Waals surface area (Å²) >= 11 is 0. The number of nitrogens with one attached hydrogen (secondary N) is 1. The second kappa shape index (κ2) is 7.87. The third kappa shape index (κ3) is 3.89. The molecule has 0 spiro atoms. The summed E-state index contributed by atoms with van der Waals surface area (Å²) in [5.74, 6) is 0.473. The Hall–Kier alpha value is -3.48. The zero-order valence-electron chi connectivity index (χ0n) is 16.2. The van der Waals surface area contributed by atoms with Gasteiger partial charge in [-0.2, -0.15) is 0 Å². The van der Waals surface area contributed by atoms with E-state index in [1.807, 2.05) is 31.2 Å². The van der Waals surface area contributed by atoms with Gasteiger partial charge in [0.05, 0.1) is 17.6 Å². The molecule has 1 aromatic heterocycles. The molecule has 1 fully saturated rings. The first kappa shape index (κ1) is 18.9. The zero-order chi connectivity index (χ0) is 20.4. The van der Waals surface area contributed by atoms with Crippen LogP contribution in [0.5, 0.6) is 0 Å². The van der Waals surface area contributed by atoms with Crippen molar-refractivity contribution in [3.05, 3.63) is 65.5 Å². The maximum absolute atomic E-state index is 12.4. The fourth-order valence-electron chi connectivity index (χ4n) is 3.60. The first-order chi connectivity index (χ1) is 14.0. The van der Waals surface area contributed by atoms with Crippen LogP contribution < -0.4 is 5.32 Å². The summed E-state index contributed by atoms with van der Waals surface area (Å²) in [6.45, 7) is 3.33.